The molecule has 0 saturated heterocycles. The second-order valence-electron chi connectivity index (χ2n) is 3.30. The Morgan fingerprint density at radius 3 is 2.59 bits per heavy atom. The summed E-state index contributed by atoms with van der Waals surface area (Å²) >= 11 is 3.15. The summed E-state index contributed by atoms with van der Waals surface area (Å²) < 4.78 is 41.7. The fourth-order valence-corrected chi connectivity index (χ4v) is 1.65. The number of ether oxygens (including phenoxy) is 1. The number of aliphatic hydroxyl groups excluding tert-OH is 1. The topological polar surface area (TPSA) is 55.5 Å². The molecule has 1 aromatic rings. The zero-order valence-electron chi connectivity index (χ0n) is 8.67. The van der Waals surface area contributed by atoms with Gasteiger partial charge in [0.05, 0.1) is 4.47 Å². The highest BCUT2D eigenvalue weighted by Gasteiger charge is 2.38. The SMILES string of the molecule is NCc1cccc(Br)c1OCC(O)C(F)(F)F. The van der Waals surface area contributed by atoms with Gasteiger partial charge in [-0.3, -0.25) is 0 Å². The van der Waals surface area contributed by atoms with Gasteiger partial charge in [-0.1, -0.05) is 12.1 Å². The Hall–Kier alpha value is -0.790. The third-order valence-corrected chi connectivity index (χ3v) is 2.66. The van der Waals surface area contributed by atoms with Gasteiger partial charge < -0.3 is 15.6 Å². The number of nitrogens with two attached hydrogens (primary N) is 1. The average molecular weight is 314 g/mol. The van der Waals surface area contributed by atoms with E-state index in [1.165, 1.54) is 0 Å². The van der Waals surface area contributed by atoms with Crippen molar-refractivity contribution in [2.75, 3.05) is 6.61 Å². The van der Waals surface area contributed by atoms with Gasteiger partial charge in [0.25, 0.3) is 0 Å². The Bertz CT molecular complexity index is 384. The van der Waals surface area contributed by atoms with Crippen molar-refractivity contribution in [2.45, 2.75) is 18.8 Å². The molecule has 7 heteroatoms. The number of aliphatic hydroxyl groups is 1. The van der Waals surface area contributed by atoms with Crippen LogP contribution in [-0.2, 0) is 6.54 Å². The van der Waals surface area contributed by atoms with E-state index in [9.17, 15) is 13.2 Å². The minimum atomic E-state index is -4.69. The fourth-order valence-electron chi connectivity index (χ4n) is 1.13. The molecule has 0 radical (unpaired) electrons. The molecule has 0 heterocycles. The standard InChI is InChI=1S/C10H11BrF3NO2/c11-7-3-1-2-6(4-15)9(7)17-5-8(16)10(12,13)14/h1-3,8,16H,4-5,15H2. The zero-order valence-corrected chi connectivity index (χ0v) is 10.3. The van der Waals surface area contributed by atoms with Crippen LogP contribution >= 0.6 is 15.9 Å². The Labute approximate surface area is 105 Å². The van der Waals surface area contributed by atoms with Gasteiger partial charge in [0.1, 0.15) is 12.4 Å². The number of halogens is 4. The second kappa shape index (κ2) is 5.70. The molecule has 1 rings (SSSR count). The van der Waals surface area contributed by atoms with Crippen molar-refractivity contribution >= 4 is 15.9 Å². The zero-order chi connectivity index (χ0) is 13.1. The number of rotatable bonds is 4. The molecule has 0 aliphatic carbocycles. The number of para-hydroxylation sites is 1. The predicted octanol–water partition coefficient (Wildman–Crippen LogP) is 2.21. The quantitative estimate of drug-likeness (QED) is 0.896. The fraction of sp³-hybridized carbons (Fsp3) is 0.400. The summed E-state index contributed by atoms with van der Waals surface area (Å²) in [5.74, 6) is 0.221. The predicted molar refractivity (Wildman–Crippen MR) is 59.6 cm³/mol. The van der Waals surface area contributed by atoms with E-state index in [1.54, 1.807) is 18.2 Å². The lowest BCUT2D eigenvalue weighted by Gasteiger charge is -2.17. The first-order chi connectivity index (χ1) is 7.86. The minimum Gasteiger partial charge on any atom is -0.489 e. The molecule has 1 unspecified atom stereocenters. The molecule has 1 atom stereocenters. The van der Waals surface area contributed by atoms with Crippen molar-refractivity contribution in [1.82, 2.24) is 0 Å². The second-order valence-corrected chi connectivity index (χ2v) is 4.15. The first kappa shape index (κ1) is 14.3. The molecule has 0 saturated carbocycles. The first-order valence-corrected chi connectivity index (χ1v) is 5.50. The van der Waals surface area contributed by atoms with Crippen LogP contribution in [0.4, 0.5) is 13.2 Å². The van der Waals surface area contributed by atoms with E-state index in [2.05, 4.69) is 15.9 Å². The molecule has 0 amide bonds. The van der Waals surface area contributed by atoms with Gasteiger partial charge in [-0.2, -0.15) is 13.2 Å². The van der Waals surface area contributed by atoms with Gasteiger partial charge in [-0.05, 0) is 22.0 Å². The highest BCUT2D eigenvalue weighted by molar-refractivity contribution is 9.10. The minimum absolute atomic E-state index is 0.136. The largest absolute Gasteiger partial charge is 0.489 e. The van der Waals surface area contributed by atoms with E-state index < -0.39 is 18.9 Å². The van der Waals surface area contributed by atoms with Crippen molar-refractivity contribution in [2.24, 2.45) is 5.73 Å². The van der Waals surface area contributed by atoms with E-state index in [1.807, 2.05) is 0 Å². The molecular weight excluding hydrogens is 303 g/mol. The average Bonchev–Trinajstić information content (AvgIpc) is 2.25. The van der Waals surface area contributed by atoms with Crippen LogP contribution < -0.4 is 10.5 Å². The van der Waals surface area contributed by atoms with Crippen molar-refractivity contribution < 1.29 is 23.0 Å². The molecule has 1 aromatic carbocycles. The molecule has 0 aliphatic heterocycles. The van der Waals surface area contributed by atoms with E-state index >= 15 is 0 Å². The lowest BCUT2D eigenvalue weighted by molar-refractivity contribution is -0.210. The van der Waals surface area contributed by atoms with Crippen LogP contribution in [0.1, 0.15) is 5.56 Å². The normalized spacial score (nSPS) is 13.5. The number of alkyl halides is 3. The molecule has 17 heavy (non-hydrogen) atoms. The summed E-state index contributed by atoms with van der Waals surface area (Å²) in [5.41, 5.74) is 5.99. The van der Waals surface area contributed by atoms with Crippen LogP contribution in [0.5, 0.6) is 5.75 Å². The Kier molecular flexibility index (Phi) is 4.79. The maximum atomic E-state index is 12.1. The van der Waals surface area contributed by atoms with E-state index in [0.717, 1.165) is 0 Å². The molecule has 3 nitrogen and oxygen atoms in total. The lowest BCUT2D eigenvalue weighted by Crippen LogP contribution is -2.34. The molecule has 0 spiro atoms. The summed E-state index contributed by atoms with van der Waals surface area (Å²) in [6.45, 7) is -0.726. The lowest BCUT2D eigenvalue weighted by atomic mass is 10.2. The molecular formula is C10H11BrF3NO2. The third kappa shape index (κ3) is 3.86. The van der Waals surface area contributed by atoms with Crippen molar-refractivity contribution in [3.05, 3.63) is 28.2 Å². The molecule has 96 valence electrons. The summed E-state index contributed by atoms with van der Waals surface area (Å²) in [6, 6.07) is 4.95. The summed E-state index contributed by atoms with van der Waals surface area (Å²) in [4.78, 5) is 0. The van der Waals surface area contributed by atoms with Gasteiger partial charge in [-0.15, -0.1) is 0 Å². The van der Waals surface area contributed by atoms with Crippen LogP contribution in [0.3, 0.4) is 0 Å². The van der Waals surface area contributed by atoms with Gasteiger partial charge in [0, 0.05) is 12.1 Å². The highest BCUT2D eigenvalue weighted by Crippen LogP contribution is 2.30. The Morgan fingerprint density at radius 1 is 1.41 bits per heavy atom. The number of benzene rings is 1. The Balaban J connectivity index is 2.76. The monoisotopic (exact) mass is 313 g/mol. The van der Waals surface area contributed by atoms with E-state index in [-0.39, 0.29) is 12.3 Å². The van der Waals surface area contributed by atoms with Crippen LogP contribution in [0, 0.1) is 0 Å². The van der Waals surface area contributed by atoms with Crippen LogP contribution in [0.25, 0.3) is 0 Å². The molecule has 0 bridgehead atoms. The van der Waals surface area contributed by atoms with Gasteiger partial charge in [-0.25, -0.2) is 0 Å². The molecule has 3 N–H and O–H groups in total. The summed E-state index contributed by atoms with van der Waals surface area (Å²) in [6.07, 6.45) is -7.20. The number of hydrogen-bond acceptors (Lipinski definition) is 3. The smallest absolute Gasteiger partial charge is 0.417 e. The number of hydrogen-bond donors (Lipinski definition) is 2. The third-order valence-electron chi connectivity index (χ3n) is 2.03. The van der Waals surface area contributed by atoms with E-state index in [4.69, 9.17) is 15.6 Å². The van der Waals surface area contributed by atoms with E-state index in [0.29, 0.717) is 10.0 Å². The van der Waals surface area contributed by atoms with Crippen molar-refractivity contribution in [3.8, 4) is 5.75 Å². The highest BCUT2D eigenvalue weighted by atomic mass is 79.9. The summed E-state index contributed by atoms with van der Waals surface area (Å²) in [7, 11) is 0. The van der Waals surface area contributed by atoms with Crippen molar-refractivity contribution in [3.63, 3.8) is 0 Å². The molecule has 0 aliphatic rings. The Morgan fingerprint density at radius 2 is 2.06 bits per heavy atom. The van der Waals surface area contributed by atoms with Crippen LogP contribution in [0.2, 0.25) is 0 Å². The van der Waals surface area contributed by atoms with Gasteiger partial charge in [0.2, 0.25) is 0 Å². The van der Waals surface area contributed by atoms with Crippen molar-refractivity contribution in [1.29, 1.82) is 0 Å². The maximum absolute atomic E-state index is 12.1. The summed E-state index contributed by atoms with van der Waals surface area (Å²) in [5, 5.41) is 8.80. The van der Waals surface area contributed by atoms with Crippen LogP contribution in [0.15, 0.2) is 22.7 Å². The first-order valence-electron chi connectivity index (χ1n) is 4.71. The van der Waals surface area contributed by atoms with Gasteiger partial charge >= 0.3 is 6.18 Å². The van der Waals surface area contributed by atoms with Gasteiger partial charge in [0.15, 0.2) is 6.10 Å². The molecule has 0 fully saturated rings. The molecule has 0 aromatic heterocycles. The maximum Gasteiger partial charge on any atom is 0.417 e. The van der Waals surface area contributed by atoms with Crippen LogP contribution in [-0.4, -0.2) is 24.0 Å².